The molecule has 4 heteroatoms. The predicted octanol–water partition coefficient (Wildman–Crippen LogP) is 2.14. The molecule has 1 fully saturated rings. The molecule has 0 saturated carbocycles. The lowest BCUT2D eigenvalue weighted by atomic mass is 9.77. The van der Waals surface area contributed by atoms with E-state index in [0.29, 0.717) is 17.2 Å². The first-order valence-corrected chi connectivity index (χ1v) is 6.45. The standard InChI is InChI=1S/C14H20N4/c1-14(2)6-3-7-16-13(14)10-18-12-5-4-11(8-15)17-9-12/h4-5,9,13,16,18H,3,6-7,10H2,1-2H3. The highest BCUT2D eigenvalue weighted by Crippen LogP contribution is 2.30. The molecule has 1 aliphatic rings. The average Bonchev–Trinajstić information content (AvgIpc) is 2.38. The van der Waals surface area contributed by atoms with Crippen LogP contribution in [0.2, 0.25) is 0 Å². The van der Waals surface area contributed by atoms with E-state index in [1.54, 1.807) is 12.3 Å². The number of hydrogen-bond acceptors (Lipinski definition) is 4. The highest BCUT2D eigenvalue weighted by atomic mass is 15.0. The van der Waals surface area contributed by atoms with Gasteiger partial charge in [-0.1, -0.05) is 13.8 Å². The molecule has 0 radical (unpaired) electrons. The monoisotopic (exact) mass is 244 g/mol. The Hall–Kier alpha value is -1.60. The van der Waals surface area contributed by atoms with Gasteiger partial charge < -0.3 is 10.6 Å². The van der Waals surface area contributed by atoms with Crippen LogP contribution in [0.3, 0.4) is 0 Å². The zero-order valence-electron chi connectivity index (χ0n) is 11.0. The normalized spacial score (nSPS) is 22.2. The Morgan fingerprint density at radius 1 is 1.56 bits per heavy atom. The summed E-state index contributed by atoms with van der Waals surface area (Å²) in [7, 11) is 0. The van der Waals surface area contributed by atoms with E-state index in [1.165, 1.54) is 12.8 Å². The summed E-state index contributed by atoms with van der Waals surface area (Å²) in [6.45, 7) is 6.60. The number of rotatable bonds is 3. The van der Waals surface area contributed by atoms with Gasteiger partial charge in [-0.25, -0.2) is 4.98 Å². The Balaban J connectivity index is 1.92. The third-order valence-corrected chi connectivity index (χ3v) is 3.72. The van der Waals surface area contributed by atoms with E-state index in [-0.39, 0.29) is 0 Å². The second-order valence-electron chi connectivity index (χ2n) is 5.52. The van der Waals surface area contributed by atoms with E-state index in [2.05, 4.69) is 29.5 Å². The van der Waals surface area contributed by atoms with Crippen LogP contribution in [0.15, 0.2) is 18.3 Å². The fraction of sp³-hybridized carbons (Fsp3) is 0.571. The van der Waals surface area contributed by atoms with E-state index in [9.17, 15) is 0 Å². The zero-order valence-corrected chi connectivity index (χ0v) is 11.0. The van der Waals surface area contributed by atoms with Gasteiger partial charge in [0.2, 0.25) is 0 Å². The van der Waals surface area contributed by atoms with Crippen molar-refractivity contribution in [1.29, 1.82) is 5.26 Å². The Morgan fingerprint density at radius 2 is 2.39 bits per heavy atom. The van der Waals surface area contributed by atoms with E-state index in [0.717, 1.165) is 18.8 Å². The Bertz CT molecular complexity index is 430. The number of aromatic nitrogens is 1. The molecule has 0 aliphatic carbocycles. The number of nitrogens with zero attached hydrogens (tertiary/aromatic N) is 2. The van der Waals surface area contributed by atoms with Crippen LogP contribution in [0.5, 0.6) is 0 Å². The van der Waals surface area contributed by atoms with Gasteiger partial charge >= 0.3 is 0 Å². The summed E-state index contributed by atoms with van der Waals surface area (Å²) in [6.07, 6.45) is 4.23. The first-order valence-electron chi connectivity index (χ1n) is 6.45. The molecule has 18 heavy (non-hydrogen) atoms. The van der Waals surface area contributed by atoms with Crippen molar-refractivity contribution in [1.82, 2.24) is 10.3 Å². The van der Waals surface area contributed by atoms with E-state index in [1.807, 2.05) is 12.1 Å². The smallest absolute Gasteiger partial charge is 0.140 e. The molecule has 0 aromatic carbocycles. The SMILES string of the molecule is CC1(C)CCCNC1CNc1ccc(C#N)nc1. The molecule has 1 aromatic rings. The number of piperidine rings is 1. The van der Waals surface area contributed by atoms with Gasteiger partial charge in [0.15, 0.2) is 0 Å². The van der Waals surface area contributed by atoms with Crippen LogP contribution < -0.4 is 10.6 Å². The van der Waals surface area contributed by atoms with Crippen molar-refractivity contribution in [2.75, 3.05) is 18.4 Å². The lowest BCUT2D eigenvalue weighted by molar-refractivity contribution is 0.188. The molecule has 1 saturated heterocycles. The zero-order chi connectivity index (χ0) is 13.0. The highest BCUT2D eigenvalue weighted by Gasteiger charge is 2.31. The Morgan fingerprint density at radius 3 is 3.00 bits per heavy atom. The summed E-state index contributed by atoms with van der Waals surface area (Å²) in [6, 6.07) is 6.14. The van der Waals surface area contributed by atoms with E-state index >= 15 is 0 Å². The molecule has 96 valence electrons. The van der Waals surface area contributed by atoms with Crippen LogP contribution in [-0.2, 0) is 0 Å². The van der Waals surface area contributed by atoms with Crippen LogP contribution in [0.4, 0.5) is 5.69 Å². The molecule has 0 bridgehead atoms. The third-order valence-electron chi connectivity index (χ3n) is 3.72. The number of pyridine rings is 1. The van der Waals surface area contributed by atoms with Crippen LogP contribution in [0, 0.1) is 16.7 Å². The molecular weight excluding hydrogens is 224 g/mol. The summed E-state index contributed by atoms with van der Waals surface area (Å²) >= 11 is 0. The van der Waals surface area contributed by atoms with Crippen molar-refractivity contribution >= 4 is 5.69 Å². The van der Waals surface area contributed by atoms with Crippen LogP contribution in [-0.4, -0.2) is 24.1 Å². The molecule has 1 aliphatic heterocycles. The van der Waals surface area contributed by atoms with Gasteiger partial charge in [0, 0.05) is 12.6 Å². The van der Waals surface area contributed by atoms with Gasteiger partial charge in [-0.15, -0.1) is 0 Å². The molecule has 1 unspecified atom stereocenters. The fourth-order valence-corrected chi connectivity index (χ4v) is 2.40. The maximum Gasteiger partial charge on any atom is 0.140 e. The van der Waals surface area contributed by atoms with Gasteiger partial charge in [0.1, 0.15) is 11.8 Å². The first kappa shape index (κ1) is 12.8. The first-order chi connectivity index (χ1) is 8.62. The predicted molar refractivity (Wildman–Crippen MR) is 72.2 cm³/mol. The summed E-state index contributed by atoms with van der Waals surface area (Å²) in [5, 5.41) is 15.6. The third kappa shape index (κ3) is 2.99. The Kier molecular flexibility index (Phi) is 3.83. The Labute approximate surface area is 108 Å². The number of hydrogen-bond donors (Lipinski definition) is 2. The second kappa shape index (κ2) is 5.36. The molecule has 0 spiro atoms. The molecule has 1 aromatic heterocycles. The summed E-state index contributed by atoms with van der Waals surface area (Å²) in [4.78, 5) is 4.05. The average molecular weight is 244 g/mol. The van der Waals surface area contributed by atoms with E-state index in [4.69, 9.17) is 5.26 Å². The van der Waals surface area contributed by atoms with Gasteiger partial charge in [-0.2, -0.15) is 5.26 Å². The van der Waals surface area contributed by atoms with Crippen LogP contribution in [0.1, 0.15) is 32.4 Å². The summed E-state index contributed by atoms with van der Waals surface area (Å²) in [5.41, 5.74) is 1.75. The summed E-state index contributed by atoms with van der Waals surface area (Å²) < 4.78 is 0. The number of nitrogens with one attached hydrogen (secondary N) is 2. The van der Waals surface area contributed by atoms with Gasteiger partial charge in [0.25, 0.3) is 0 Å². The maximum atomic E-state index is 8.69. The van der Waals surface area contributed by atoms with Crippen molar-refractivity contribution in [2.45, 2.75) is 32.7 Å². The number of anilines is 1. The van der Waals surface area contributed by atoms with Crippen molar-refractivity contribution in [2.24, 2.45) is 5.41 Å². The minimum atomic E-state index is 0.325. The second-order valence-corrected chi connectivity index (χ2v) is 5.52. The topological polar surface area (TPSA) is 60.7 Å². The molecule has 4 nitrogen and oxygen atoms in total. The van der Waals surface area contributed by atoms with Crippen molar-refractivity contribution in [3.8, 4) is 6.07 Å². The van der Waals surface area contributed by atoms with Crippen LogP contribution in [0.25, 0.3) is 0 Å². The maximum absolute atomic E-state index is 8.69. The molecule has 2 heterocycles. The van der Waals surface area contributed by atoms with Crippen LogP contribution >= 0.6 is 0 Å². The lowest BCUT2D eigenvalue weighted by Gasteiger charge is -2.39. The molecule has 0 amide bonds. The number of nitriles is 1. The summed E-state index contributed by atoms with van der Waals surface area (Å²) in [5.74, 6) is 0. The van der Waals surface area contributed by atoms with Gasteiger partial charge in [0.05, 0.1) is 11.9 Å². The van der Waals surface area contributed by atoms with Gasteiger partial charge in [-0.3, -0.25) is 0 Å². The van der Waals surface area contributed by atoms with Crippen molar-refractivity contribution in [3.63, 3.8) is 0 Å². The minimum absolute atomic E-state index is 0.325. The van der Waals surface area contributed by atoms with Gasteiger partial charge in [-0.05, 0) is 36.9 Å². The largest absolute Gasteiger partial charge is 0.382 e. The minimum Gasteiger partial charge on any atom is -0.382 e. The molecular formula is C14H20N4. The van der Waals surface area contributed by atoms with Crippen molar-refractivity contribution in [3.05, 3.63) is 24.0 Å². The fourth-order valence-electron chi connectivity index (χ4n) is 2.40. The van der Waals surface area contributed by atoms with E-state index < -0.39 is 0 Å². The van der Waals surface area contributed by atoms with Crippen molar-refractivity contribution < 1.29 is 0 Å². The quantitative estimate of drug-likeness (QED) is 0.855. The molecule has 2 rings (SSSR count). The highest BCUT2D eigenvalue weighted by molar-refractivity contribution is 5.42. The lowest BCUT2D eigenvalue weighted by Crippen LogP contribution is -2.50. The molecule has 2 N–H and O–H groups in total. The molecule has 1 atom stereocenters.